The van der Waals surface area contributed by atoms with Crippen molar-refractivity contribution in [3.63, 3.8) is 0 Å². The number of anilines is 1. The highest BCUT2D eigenvalue weighted by molar-refractivity contribution is 8.15. The summed E-state index contributed by atoms with van der Waals surface area (Å²) in [5, 5.41) is 16.1. The van der Waals surface area contributed by atoms with Crippen LogP contribution in [0.3, 0.4) is 0 Å². The first-order valence-corrected chi connectivity index (χ1v) is 9.27. The summed E-state index contributed by atoms with van der Waals surface area (Å²) in [6, 6.07) is 3.77. The summed E-state index contributed by atoms with van der Waals surface area (Å²) in [5.41, 5.74) is -0.0441. The molecule has 1 heterocycles. The molecule has 1 atom stereocenters. The van der Waals surface area contributed by atoms with Gasteiger partial charge < -0.3 is 10.6 Å². The number of amidine groups is 1. The molecule has 10 heteroatoms. The number of non-ortho nitro benzene ring substituents is 1. The number of aliphatic imine (C=N–C) groups is 1. The molecule has 140 valence electrons. The first kappa shape index (κ1) is 20.2. The minimum absolute atomic E-state index is 0.0846. The lowest BCUT2D eigenvalue weighted by Gasteiger charge is -2.08. The molecule has 1 saturated heterocycles. The molecule has 0 aromatic heterocycles. The second kappa shape index (κ2) is 9.00. The molecule has 2 rings (SSSR count). The van der Waals surface area contributed by atoms with Crippen LogP contribution in [0.5, 0.6) is 0 Å². The number of nitro benzene ring substituents is 1. The van der Waals surface area contributed by atoms with Gasteiger partial charge in [-0.25, -0.2) is 0 Å². The molecule has 1 aromatic carbocycles. The Morgan fingerprint density at radius 1 is 1.50 bits per heavy atom. The zero-order chi connectivity index (χ0) is 19.3. The molecule has 0 bridgehead atoms. The number of benzene rings is 1. The van der Waals surface area contributed by atoms with Gasteiger partial charge in [0.2, 0.25) is 11.8 Å². The van der Waals surface area contributed by atoms with Gasteiger partial charge in [0.05, 0.1) is 15.6 Å². The topological polar surface area (TPSA) is 114 Å². The number of amides is 2. The summed E-state index contributed by atoms with van der Waals surface area (Å²) in [6.45, 7) is 4.79. The van der Waals surface area contributed by atoms with Crippen molar-refractivity contribution in [2.75, 3.05) is 11.9 Å². The zero-order valence-electron chi connectivity index (χ0n) is 14.3. The average molecular weight is 399 g/mol. The van der Waals surface area contributed by atoms with Gasteiger partial charge >= 0.3 is 0 Å². The number of thioether (sulfide) groups is 1. The summed E-state index contributed by atoms with van der Waals surface area (Å²) in [4.78, 5) is 38.7. The highest BCUT2D eigenvalue weighted by Crippen LogP contribution is 2.28. The van der Waals surface area contributed by atoms with E-state index in [9.17, 15) is 19.7 Å². The van der Waals surface area contributed by atoms with Crippen molar-refractivity contribution in [2.45, 2.75) is 31.9 Å². The van der Waals surface area contributed by atoms with Gasteiger partial charge in [-0.3, -0.25) is 24.7 Å². The number of nitrogens with zero attached hydrogens (tertiary/aromatic N) is 2. The van der Waals surface area contributed by atoms with Crippen LogP contribution in [0.25, 0.3) is 0 Å². The summed E-state index contributed by atoms with van der Waals surface area (Å²) < 4.78 is 0. The lowest BCUT2D eigenvalue weighted by atomic mass is 10.1. The fourth-order valence-corrected chi connectivity index (χ4v) is 3.29. The monoisotopic (exact) mass is 398 g/mol. The van der Waals surface area contributed by atoms with Crippen molar-refractivity contribution in [1.82, 2.24) is 5.32 Å². The van der Waals surface area contributed by atoms with E-state index >= 15 is 0 Å². The zero-order valence-corrected chi connectivity index (χ0v) is 15.9. The predicted octanol–water partition coefficient (Wildman–Crippen LogP) is 3.21. The van der Waals surface area contributed by atoms with E-state index in [4.69, 9.17) is 11.6 Å². The van der Waals surface area contributed by atoms with Crippen LogP contribution in [0.15, 0.2) is 23.2 Å². The van der Waals surface area contributed by atoms with Crippen LogP contribution in [-0.4, -0.2) is 33.7 Å². The first-order valence-electron chi connectivity index (χ1n) is 8.02. The number of hydrogen-bond donors (Lipinski definition) is 2. The highest BCUT2D eigenvalue weighted by Gasteiger charge is 2.32. The molecule has 0 radical (unpaired) electrons. The van der Waals surface area contributed by atoms with E-state index in [2.05, 4.69) is 29.5 Å². The Kier molecular flexibility index (Phi) is 6.98. The number of carbonyl (C=O) groups excluding carboxylic acids is 2. The van der Waals surface area contributed by atoms with Crippen LogP contribution >= 0.6 is 23.4 Å². The Labute approximate surface area is 159 Å². The van der Waals surface area contributed by atoms with E-state index in [1.54, 1.807) is 0 Å². The minimum atomic E-state index is -0.592. The third kappa shape index (κ3) is 5.70. The lowest BCUT2D eigenvalue weighted by Crippen LogP contribution is -2.28. The van der Waals surface area contributed by atoms with Gasteiger partial charge in [-0.15, -0.1) is 0 Å². The number of nitrogens with one attached hydrogen (secondary N) is 2. The summed E-state index contributed by atoms with van der Waals surface area (Å²) in [6.07, 6.45) is 0.828. The van der Waals surface area contributed by atoms with Crippen LogP contribution < -0.4 is 10.6 Å². The number of hydrogen-bond acceptors (Lipinski definition) is 6. The van der Waals surface area contributed by atoms with E-state index < -0.39 is 16.1 Å². The quantitative estimate of drug-likeness (QED) is 0.540. The fourth-order valence-electron chi connectivity index (χ4n) is 2.13. The molecule has 0 spiro atoms. The Morgan fingerprint density at radius 3 is 2.88 bits per heavy atom. The molecule has 0 saturated carbocycles. The van der Waals surface area contributed by atoms with Gasteiger partial charge in [0.25, 0.3) is 5.69 Å². The van der Waals surface area contributed by atoms with Crippen LogP contribution in [0.1, 0.15) is 26.7 Å². The number of nitro groups is 1. The van der Waals surface area contributed by atoms with Crippen LogP contribution in [0, 0.1) is 16.0 Å². The number of rotatable bonds is 7. The second-order valence-electron chi connectivity index (χ2n) is 6.14. The SMILES string of the molecule is CC(C)CCN=C1NC(=O)[C@@H](CC(=O)Nc2cc([N+](=O)[O-])ccc2Cl)S1. The molecule has 26 heavy (non-hydrogen) atoms. The molecule has 2 N–H and O–H groups in total. The van der Waals surface area contributed by atoms with Gasteiger partial charge in [-0.2, -0.15) is 0 Å². The van der Waals surface area contributed by atoms with Crippen molar-refractivity contribution in [1.29, 1.82) is 0 Å². The fraction of sp³-hybridized carbons (Fsp3) is 0.438. The van der Waals surface area contributed by atoms with Crippen LogP contribution in [-0.2, 0) is 9.59 Å². The average Bonchev–Trinajstić information content (AvgIpc) is 2.88. The van der Waals surface area contributed by atoms with E-state index in [0.29, 0.717) is 17.6 Å². The smallest absolute Gasteiger partial charge is 0.271 e. The number of halogens is 1. The maximum Gasteiger partial charge on any atom is 0.271 e. The summed E-state index contributed by atoms with van der Waals surface area (Å²) >= 11 is 7.16. The van der Waals surface area contributed by atoms with Crippen molar-refractivity contribution >= 4 is 51.7 Å². The third-order valence-corrected chi connectivity index (χ3v) is 4.99. The highest BCUT2D eigenvalue weighted by atomic mass is 35.5. The Hall–Kier alpha value is -2.13. The molecule has 1 aliphatic rings. The normalized spacial score (nSPS) is 18.2. The van der Waals surface area contributed by atoms with Crippen molar-refractivity contribution in [3.8, 4) is 0 Å². The Bertz CT molecular complexity index is 754. The number of carbonyl (C=O) groups is 2. The largest absolute Gasteiger partial charge is 0.325 e. The van der Waals surface area contributed by atoms with Crippen molar-refractivity contribution in [2.24, 2.45) is 10.9 Å². The predicted molar refractivity (Wildman–Crippen MR) is 103 cm³/mol. The molecule has 8 nitrogen and oxygen atoms in total. The lowest BCUT2D eigenvalue weighted by molar-refractivity contribution is -0.384. The molecular weight excluding hydrogens is 380 g/mol. The maximum atomic E-state index is 12.2. The molecule has 1 aromatic rings. The molecule has 0 aliphatic carbocycles. The van der Waals surface area contributed by atoms with Crippen molar-refractivity contribution < 1.29 is 14.5 Å². The molecule has 2 amide bonds. The minimum Gasteiger partial charge on any atom is -0.325 e. The van der Waals surface area contributed by atoms with Crippen LogP contribution in [0.2, 0.25) is 5.02 Å². The van der Waals surface area contributed by atoms with E-state index in [0.717, 1.165) is 6.42 Å². The van der Waals surface area contributed by atoms with Gasteiger partial charge in [0.1, 0.15) is 5.25 Å². The second-order valence-corrected chi connectivity index (χ2v) is 7.74. The maximum absolute atomic E-state index is 12.2. The van der Waals surface area contributed by atoms with E-state index in [1.165, 1.54) is 30.0 Å². The van der Waals surface area contributed by atoms with Gasteiger partial charge in [-0.1, -0.05) is 37.2 Å². The summed E-state index contributed by atoms with van der Waals surface area (Å²) in [7, 11) is 0. The Morgan fingerprint density at radius 2 is 2.23 bits per heavy atom. The van der Waals surface area contributed by atoms with Gasteiger partial charge in [-0.05, 0) is 18.4 Å². The van der Waals surface area contributed by atoms with Gasteiger partial charge in [0.15, 0.2) is 5.17 Å². The molecule has 1 fully saturated rings. The molecule has 1 aliphatic heterocycles. The van der Waals surface area contributed by atoms with Gasteiger partial charge in [0, 0.05) is 25.1 Å². The third-order valence-electron chi connectivity index (χ3n) is 3.54. The first-order chi connectivity index (χ1) is 12.3. The standard InChI is InChI=1S/C16H19ClN4O4S/c1-9(2)5-6-18-16-20-15(23)13(26-16)8-14(22)19-12-7-10(21(24)25)3-4-11(12)17/h3-4,7,9,13H,5-6,8H2,1-2H3,(H,19,22)(H,18,20,23)/t13-/m1/s1. The molecule has 0 unspecified atom stereocenters. The van der Waals surface area contributed by atoms with E-state index in [-0.39, 0.29) is 28.7 Å². The summed E-state index contributed by atoms with van der Waals surface area (Å²) in [5.74, 6) is -0.218. The van der Waals surface area contributed by atoms with Crippen LogP contribution in [0.4, 0.5) is 11.4 Å². The molecular formula is C16H19ClN4O4S. The van der Waals surface area contributed by atoms with Crippen molar-refractivity contribution in [3.05, 3.63) is 33.3 Å². The van der Waals surface area contributed by atoms with E-state index in [1.807, 2.05) is 0 Å². The Balaban J connectivity index is 1.95.